The lowest BCUT2D eigenvalue weighted by atomic mass is 10.4. The molecule has 5 nitrogen and oxygen atoms in total. The Kier molecular flexibility index (Phi) is 3.70. The van der Waals surface area contributed by atoms with Gasteiger partial charge in [-0.05, 0) is 27.4 Å². The van der Waals surface area contributed by atoms with Gasteiger partial charge in [0, 0.05) is 21.7 Å². The molecule has 0 saturated carbocycles. The molecule has 0 radical (unpaired) electrons. The molecule has 0 fully saturated rings. The Morgan fingerprint density at radius 1 is 1.47 bits per heavy atom. The van der Waals surface area contributed by atoms with Gasteiger partial charge in [-0.1, -0.05) is 0 Å². The number of halogens is 1. The van der Waals surface area contributed by atoms with Gasteiger partial charge in [-0.15, -0.1) is 11.3 Å². The average Bonchev–Trinajstić information content (AvgIpc) is 2.72. The number of carboxylic acids is 1. The minimum absolute atomic E-state index is 0.0693. The molecule has 0 aliphatic heterocycles. The van der Waals surface area contributed by atoms with Gasteiger partial charge in [0.25, 0.3) is 0 Å². The lowest BCUT2D eigenvalue weighted by Gasteiger charge is -2.06. The van der Waals surface area contributed by atoms with Crippen molar-refractivity contribution < 1.29 is 9.90 Å². The van der Waals surface area contributed by atoms with E-state index in [1.807, 2.05) is 11.4 Å². The maximum atomic E-state index is 10.9. The number of hydrogen-bond donors (Lipinski definition) is 2. The predicted molar refractivity (Wildman–Crippen MR) is 68.3 cm³/mol. The van der Waals surface area contributed by atoms with E-state index in [1.165, 1.54) is 12.4 Å². The largest absolute Gasteiger partial charge is 0.476 e. The molecule has 2 aromatic rings. The number of aromatic nitrogens is 2. The van der Waals surface area contributed by atoms with E-state index in [2.05, 4.69) is 31.2 Å². The van der Waals surface area contributed by atoms with Crippen LogP contribution in [0.15, 0.2) is 28.3 Å². The van der Waals surface area contributed by atoms with E-state index in [0.29, 0.717) is 6.54 Å². The summed E-state index contributed by atoms with van der Waals surface area (Å²) in [6.45, 7) is 0.511. The van der Waals surface area contributed by atoms with Crippen molar-refractivity contribution in [1.82, 2.24) is 9.97 Å². The number of nitrogens with one attached hydrogen (secondary N) is 1. The lowest BCUT2D eigenvalue weighted by molar-refractivity contribution is 0.0691. The molecule has 0 bridgehead atoms. The molecular formula is C10H8BrN3O2S. The number of carboxylic acid groups (broad SMARTS) is 1. The highest BCUT2D eigenvalue weighted by Gasteiger charge is 2.12. The normalized spacial score (nSPS) is 10.2. The van der Waals surface area contributed by atoms with Crippen molar-refractivity contribution in [1.29, 1.82) is 0 Å². The number of carbonyl (C=O) groups is 1. The van der Waals surface area contributed by atoms with Gasteiger partial charge in [0.2, 0.25) is 0 Å². The molecule has 0 unspecified atom stereocenters. The van der Waals surface area contributed by atoms with Gasteiger partial charge in [0.1, 0.15) is 0 Å². The summed E-state index contributed by atoms with van der Waals surface area (Å²) >= 11 is 4.98. The van der Waals surface area contributed by atoms with Crippen LogP contribution in [-0.2, 0) is 6.54 Å². The second-order valence-corrected chi connectivity index (χ2v) is 4.96. The van der Waals surface area contributed by atoms with Gasteiger partial charge in [0.05, 0.1) is 6.54 Å². The van der Waals surface area contributed by atoms with Crippen LogP contribution in [0, 0.1) is 0 Å². The van der Waals surface area contributed by atoms with Crippen LogP contribution >= 0.6 is 27.3 Å². The van der Waals surface area contributed by atoms with E-state index >= 15 is 0 Å². The molecule has 0 aromatic carbocycles. The van der Waals surface area contributed by atoms with E-state index < -0.39 is 5.97 Å². The van der Waals surface area contributed by atoms with Crippen LogP contribution < -0.4 is 5.32 Å². The van der Waals surface area contributed by atoms with E-state index in [9.17, 15) is 4.79 Å². The maximum absolute atomic E-state index is 10.9. The molecule has 0 atom stereocenters. The number of aromatic carboxylic acids is 1. The number of rotatable bonds is 4. The van der Waals surface area contributed by atoms with Crippen LogP contribution in [-0.4, -0.2) is 21.0 Å². The topological polar surface area (TPSA) is 75.1 Å². The van der Waals surface area contributed by atoms with Crippen LogP contribution in [0.4, 0.5) is 5.82 Å². The van der Waals surface area contributed by atoms with Crippen molar-refractivity contribution in [3.05, 3.63) is 38.9 Å². The van der Waals surface area contributed by atoms with Crippen LogP contribution in [0.5, 0.6) is 0 Å². The molecule has 2 aromatic heterocycles. The third-order valence-electron chi connectivity index (χ3n) is 2.01. The molecular weight excluding hydrogens is 306 g/mol. The Morgan fingerprint density at radius 3 is 2.88 bits per heavy atom. The summed E-state index contributed by atoms with van der Waals surface area (Å²) in [5, 5.41) is 13.8. The van der Waals surface area contributed by atoms with Crippen LogP contribution in [0.2, 0.25) is 0 Å². The maximum Gasteiger partial charge on any atom is 0.358 e. The molecule has 0 amide bonds. The van der Waals surface area contributed by atoms with Crippen molar-refractivity contribution >= 4 is 39.1 Å². The van der Waals surface area contributed by atoms with Crippen molar-refractivity contribution in [3.63, 3.8) is 0 Å². The summed E-state index contributed by atoms with van der Waals surface area (Å²) in [6, 6.07) is 1.94. The standard InChI is InChI=1S/C10H8BrN3O2S/c11-6-1-4-17-7(6)5-14-9-8(10(15)16)12-2-3-13-9/h1-4H,5H2,(H,13,14)(H,15,16). The summed E-state index contributed by atoms with van der Waals surface area (Å²) in [5.41, 5.74) is -0.0693. The van der Waals surface area contributed by atoms with Gasteiger partial charge < -0.3 is 10.4 Å². The quantitative estimate of drug-likeness (QED) is 0.907. The second kappa shape index (κ2) is 5.24. The fraction of sp³-hybridized carbons (Fsp3) is 0.100. The SMILES string of the molecule is O=C(O)c1nccnc1NCc1sccc1Br. The number of anilines is 1. The van der Waals surface area contributed by atoms with Gasteiger partial charge in [-0.3, -0.25) is 0 Å². The molecule has 0 saturated heterocycles. The summed E-state index contributed by atoms with van der Waals surface area (Å²) < 4.78 is 0.996. The van der Waals surface area contributed by atoms with Crippen LogP contribution in [0.3, 0.4) is 0 Å². The molecule has 2 rings (SSSR count). The zero-order valence-corrected chi connectivity index (χ0v) is 11.0. The lowest BCUT2D eigenvalue weighted by Crippen LogP contribution is -2.09. The Bertz CT molecular complexity index is 544. The molecule has 0 aliphatic carbocycles. The monoisotopic (exact) mass is 313 g/mol. The zero-order chi connectivity index (χ0) is 12.3. The minimum atomic E-state index is -1.09. The molecule has 88 valence electrons. The third kappa shape index (κ3) is 2.80. The van der Waals surface area contributed by atoms with Gasteiger partial charge in [-0.25, -0.2) is 14.8 Å². The Balaban J connectivity index is 2.14. The summed E-state index contributed by atoms with van der Waals surface area (Å²) in [7, 11) is 0. The molecule has 2 heterocycles. The summed E-state index contributed by atoms with van der Waals surface area (Å²) in [4.78, 5) is 19.7. The molecule has 0 spiro atoms. The molecule has 0 aliphatic rings. The highest BCUT2D eigenvalue weighted by atomic mass is 79.9. The number of hydrogen-bond acceptors (Lipinski definition) is 5. The average molecular weight is 314 g/mol. The van der Waals surface area contributed by atoms with Crippen molar-refractivity contribution in [2.75, 3.05) is 5.32 Å². The molecule has 7 heteroatoms. The Labute approximate surface area is 110 Å². The zero-order valence-electron chi connectivity index (χ0n) is 8.55. The van der Waals surface area contributed by atoms with Crippen LogP contribution in [0.25, 0.3) is 0 Å². The first-order chi connectivity index (χ1) is 8.18. The minimum Gasteiger partial charge on any atom is -0.476 e. The van der Waals surface area contributed by atoms with E-state index in [0.717, 1.165) is 9.35 Å². The fourth-order valence-electron chi connectivity index (χ4n) is 1.24. The van der Waals surface area contributed by atoms with Crippen molar-refractivity contribution in [3.8, 4) is 0 Å². The Hall–Kier alpha value is -1.47. The van der Waals surface area contributed by atoms with Crippen molar-refractivity contribution in [2.24, 2.45) is 0 Å². The van der Waals surface area contributed by atoms with Gasteiger partial charge in [-0.2, -0.15) is 0 Å². The molecule has 17 heavy (non-hydrogen) atoms. The second-order valence-electron chi connectivity index (χ2n) is 3.10. The summed E-state index contributed by atoms with van der Waals surface area (Å²) in [5.74, 6) is -0.814. The highest BCUT2D eigenvalue weighted by molar-refractivity contribution is 9.10. The molecule has 2 N–H and O–H groups in total. The van der Waals surface area contributed by atoms with E-state index in [4.69, 9.17) is 5.11 Å². The highest BCUT2D eigenvalue weighted by Crippen LogP contribution is 2.23. The predicted octanol–water partition coefficient (Wildman–Crippen LogP) is 2.61. The summed E-state index contributed by atoms with van der Waals surface area (Å²) in [6.07, 6.45) is 2.81. The number of thiophene rings is 1. The first-order valence-corrected chi connectivity index (χ1v) is 6.36. The number of nitrogens with zero attached hydrogens (tertiary/aromatic N) is 2. The third-order valence-corrected chi connectivity index (χ3v) is 3.93. The van der Waals surface area contributed by atoms with Crippen molar-refractivity contribution in [2.45, 2.75) is 6.54 Å². The smallest absolute Gasteiger partial charge is 0.358 e. The van der Waals surface area contributed by atoms with Crippen LogP contribution in [0.1, 0.15) is 15.4 Å². The first-order valence-electron chi connectivity index (χ1n) is 4.68. The fourth-order valence-corrected chi connectivity index (χ4v) is 2.67. The van der Waals surface area contributed by atoms with E-state index in [-0.39, 0.29) is 11.5 Å². The van der Waals surface area contributed by atoms with E-state index in [1.54, 1.807) is 11.3 Å². The Morgan fingerprint density at radius 2 is 2.24 bits per heavy atom. The van der Waals surface area contributed by atoms with Gasteiger partial charge in [0.15, 0.2) is 11.5 Å². The van der Waals surface area contributed by atoms with Gasteiger partial charge >= 0.3 is 5.97 Å². The first kappa shape index (κ1) is 12.0.